The van der Waals surface area contributed by atoms with Crippen LogP contribution in [0.25, 0.3) is 21.9 Å². The quantitative estimate of drug-likeness (QED) is 0.560. The van der Waals surface area contributed by atoms with Gasteiger partial charge in [-0.3, -0.25) is 4.98 Å². The number of benzene rings is 1. The highest BCUT2D eigenvalue weighted by Gasteiger charge is 2.45. The van der Waals surface area contributed by atoms with E-state index in [0.717, 1.165) is 35.7 Å². The Balaban J connectivity index is 1.80. The van der Waals surface area contributed by atoms with Gasteiger partial charge in [0.15, 0.2) is 0 Å². The van der Waals surface area contributed by atoms with Crippen LogP contribution < -0.4 is 0 Å². The van der Waals surface area contributed by atoms with E-state index in [2.05, 4.69) is 11.1 Å². The highest BCUT2D eigenvalue weighted by Crippen LogP contribution is 2.47. The highest BCUT2D eigenvalue weighted by molar-refractivity contribution is 6.03. The summed E-state index contributed by atoms with van der Waals surface area (Å²) in [6.45, 7) is 2.62. The number of halogens is 2. The molecule has 1 aliphatic heterocycles. The van der Waals surface area contributed by atoms with Gasteiger partial charge in [0.25, 0.3) is 5.92 Å². The standard InChI is InChI=1S/C23H24F2N4O/c1-14-10-16(7-9-30-14)29-21-17-11-15(12-26)5-6-19(17)27-13-20(21)28-22(29)18-4-2-3-8-23(18,24)25/h5-6,11,13-14,16,18H,2-4,7-10H2,1H3/t14-,16?,18?/m1/s1. The van der Waals surface area contributed by atoms with Gasteiger partial charge in [-0.05, 0) is 50.8 Å². The van der Waals surface area contributed by atoms with Crippen LogP contribution in [-0.2, 0) is 4.74 Å². The van der Waals surface area contributed by atoms with Crippen LogP contribution in [0, 0.1) is 11.3 Å². The SMILES string of the molecule is C[C@@H]1CC(n2c(C3CCCCC3(F)F)nc3cnc4ccc(C#N)cc4c32)CCO1. The number of pyridine rings is 1. The maximum absolute atomic E-state index is 15.0. The normalized spacial score (nSPS) is 26.7. The van der Waals surface area contributed by atoms with Crippen LogP contribution in [0.5, 0.6) is 0 Å². The Morgan fingerprint density at radius 3 is 2.87 bits per heavy atom. The van der Waals surface area contributed by atoms with Crippen molar-refractivity contribution in [1.82, 2.24) is 14.5 Å². The summed E-state index contributed by atoms with van der Waals surface area (Å²) >= 11 is 0. The molecular weight excluding hydrogens is 386 g/mol. The van der Waals surface area contributed by atoms with E-state index in [4.69, 9.17) is 9.72 Å². The number of rotatable bonds is 2. The number of hydrogen-bond donors (Lipinski definition) is 0. The third kappa shape index (κ3) is 3.14. The van der Waals surface area contributed by atoms with E-state index in [1.165, 1.54) is 0 Å². The van der Waals surface area contributed by atoms with Gasteiger partial charge in [-0.15, -0.1) is 0 Å². The van der Waals surface area contributed by atoms with Gasteiger partial charge >= 0.3 is 0 Å². The van der Waals surface area contributed by atoms with Gasteiger partial charge in [-0.1, -0.05) is 6.42 Å². The summed E-state index contributed by atoms with van der Waals surface area (Å²) in [4.78, 5) is 9.22. The lowest BCUT2D eigenvalue weighted by atomic mass is 9.84. The zero-order valence-electron chi connectivity index (χ0n) is 16.9. The lowest BCUT2D eigenvalue weighted by molar-refractivity contribution is -0.0593. The topological polar surface area (TPSA) is 63.7 Å². The number of aromatic nitrogens is 3. The predicted octanol–water partition coefficient (Wildman–Crippen LogP) is 5.49. The number of imidazole rings is 1. The first-order valence-electron chi connectivity index (χ1n) is 10.7. The molecule has 1 saturated heterocycles. The third-order valence-corrected chi connectivity index (χ3v) is 6.57. The van der Waals surface area contributed by atoms with Crippen molar-refractivity contribution in [3.63, 3.8) is 0 Å². The van der Waals surface area contributed by atoms with E-state index in [0.29, 0.717) is 36.4 Å². The van der Waals surface area contributed by atoms with Crippen LogP contribution in [0.15, 0.2) is 24.4 Å². The van der Waals surface area contributed by atoms with Gasteiger partial charge < -0.3 is 9.30 Å². The molecule has 3 aromatic rings. The number of nitriles is 1. The minimum Gasteiger partial charge on any atom is -0.378 e. The minimum absolute atomic E-state index is 0.0304. The summed E-state index contributed by atoms with van der Waals surface area (Å²) < 4.78 is 37.8. The maximum Gasteiger partial charge on any atom is 0.257 e. The fourth-order valence-electron chi connectivity index (χ4n) is 5.10. The summed E-state index contributed by atoms with van der Waals surface area (Å²) in [6.07, 6.45) is 4.91. The average Bonchev–Trinajstić information content (AvgIpc) is 3.12. The highest BCUT2D eigenvalue weighted by atomic mass is 19.3. The largest absolute Gasteiger partial charge is 0.378 e. The Kier molecular flexibility index (Phi) is 4.70. The van der Waals surface area contributed by atoms with Gasteiger partial charge in [-0.25, -0.2) is 13.8 Å². The predicted molar refractivity (Wildman–Crippen MR) is 110 cm³/mol. The van der Waals surface area contributed by atoms with Crippen LogP contribution >= 0.6 is 0 Å². The van der Waals surface area contributed by atoms with E-state index >= 15 is 8.78 Å². The first-order valence-corrected chi connectivity index (χ1v) is 10.7. The first kappa shape index (κ1) is 19.4. The molecule has 30 heavy (non-hydrogen) atoms. The Hall–Kier alpha value is -2.59. The summed E-state index contributed by atoms with van der Waals surface area (Å²) in [5.41, 5.74) is 2.69. The fraction of sp³-hybridized carbons (Fsp3) is 0.522. The zero-order valence-corrected chi connectivity index (χ0v) is 16.9. The molecule has 0 bridgehead atoms. The molecule has 2 aromatic heterocycles. The molecule has 156 valence electrons. The van der Waals surface area contributed by atoms with Gasteiger partial charge in [0, 0.05) is 24.5 Å². The van der Waals surface area contributed by atoms with Crippen molar-refractivity contribution in [3.8, 4) is 6.07 Å². The van der Waals surface area contributed by atoms with Gasteiger partial charge in [0.05, 0.1) is 40.9 Å². The molecule has 5 nitrogen and oxygen atoms in total. The number of ether oxygens (including phenoxy) is 1. The van der Waals surface area contributed by atoms with Crippen molar-refractivity contribution >= 4 is 21.9 Å². The van der Waals surface area contributed by atoms with Gasteiger partial charge in [-0.2, -0.15) is 5.26 Å². The van der Waals surface area contributed by atoms with Crippen molar-refractivity contribution in [3.05, 3.63) is 35.8 Å². The summed E-state index contributed by atoms with van der Waals surface area (Å²) in [5.74, 6) is -3.20. The van der Waals surface area contributed by atoms with Crippen molar-refractivity contribution in [2.24, 2.45) is 0 Å². The van der Waals surface area contributed by atoms with Crippen LogP contribution in [-0.4, -0.2) is 33.2 Å². The molecule has 7 heteroatoms. The van der Waals surface area contributed by atoms with E-state index < -0.39 is 11.8 Å². The molecule has 1 saturated carbocycles. The van der Waals surface area contributed by atoms with Crippen LogP contribution in [0.1, 0.15) is 68.8 Å². The summed E-state index contributed by atoms with van der Waals surface area (Å²) in [5, 5.41) is 10.2. The Bertz CT molecular complexity index is 1150. The number of fused-ring (bicyclic) bond motifs is 3. The van der Waals surface area contributed by atoms with Crippen molar-refractivity contribution in [2.45, 2.75) is 69.4 Å². The van der Waals surface area contributed by atoms with E-state index in [-0.39, 0.29) is 18.6 Å². The van der Waals surface area contributed by atoms with E-state index in [1.54, 1.807) is 18.3 Å². The zero-order chi connectivity index (χ0) is 20.9. The molecule has 2 unspecified atom stereocenters. The van der Waals surface area contributed by atoms with Crippen molar-refractivity contribution < 1.29 is 13.5 Å². The lowest BCUT2D eigenvalue weighted by Crippen LogP contribution is -2.34. The van der Waals surface area contributed by atoms with E-state index in [9.17, 15) is 5.26 Å². The molecule has 0 amide bonds. The minimum atomic E-state index is -2.77. The molecule has 1 aliphatic carbocycles. The van der Waals surface area contributed by atoms with Crippen LogP contribution in [0.4, 0.5) is 8.78 Å². The second kappa shape index (κ2) is 7.28. The summed E-state index contributed by atoms with van der Waals surface area (Å²) in [6, 6.07) is 7.55. The van der Waals surface area contributed by atoms with Crippen LogP contribution in [0.2, 0.25) is 0 Å². The first-order chi connectivity index (χ1) is 14.5. The molecule has 3 atom stereocenters. The molecule has 0 N–H and O–H groups in total. The molecule has 0 spiro atoms. The monoisotopic (exact) mass is 410 g/mol. The van der Waals surface area contributed by atoms with E-state index in [1.807, 2.05) is 17.6 Å². The van der Waals surface area contributed by atoms with Crippen molar-refractivity contribution in [2.75, 3.05) is 6.61 Å². The maximum atomic E-state index is 15.0. The van der Waals surface area contributed by atoms with Crippen molar-refractivity contribution in [1.29, 1.82) is 5.26 Å². The number of nitrogens with zero attached hydrogens (tertiary/aromatic N) is 4. The Morgan fingerprint density at radius 1 is 1.23 bits per heavy atom. The molecule has 0 radical (unpaired) electrons. The molecule has 2 fully saturated rings. The lowest BCUT2D eigenvalue weighted by Gasteiger charge is -2.35. The fourth-order valence-corrected chi connectivity index (χ4v) is 5.10. The second-order valence-electron chi connectivity index (χ2n) is 8.59. The number of hydrogen-bond acceptors (Lipinski definition) is 4. The molecule has 1 aromatic carbocycles. The second-order valence-corrected chi connectivity index (χ2v) is 8.59. The smallest absolute Gasteiger partial charge is 0.257 e. The third-order valence-electron chi connectivity index (χ3n) is 6.57. The van der Waals surface area contributed by atoms with Crippen LogP contribution in [0.3, 0.4) is 0 Å². The van der Waals surface area contributed by atoms with Gasteiger partial charge in [0.2, 0.25) is 0 Å². The average molecular weight is 410 g/mol. The Morgan fingerprint density at radius 2 is 2.10 bits per heavy atom. The molecule has 3 heterocycles. The Labute approximate surface area is 173 Å². The number of alkyl halides is 2. The van der Waals surface area contributed by atoms with Gasteiger partial charge in [0.1, 0.15) is 11.3 Å². The molecule has 5 rings (SSSR count). The molecular formula is C23H24F2N4O. The molecule has 2 aliphatic rings. The summed E-state index contributed by atoms with van der Waals surface area (Å²) in [7, 11) is 0.